The van der Waals surface area contributed by atoms with Gasteiger partial charge >= 0.3 is 0 Å². The van der Waals surface area contributed by atoms with Crippen LogP contribution in [0.5, 0.6) is 0 Å². The quantitative estimate of drug-likeness (QED) is 0.755. The number of hydrogen-bond donors (Lipinski definition) is 2. The van der Waals surface area contributed by atoms with Crippen LogP contribution >= 0.6 is 0 Å². The van der Waals surface area contributed by atoms with Gasteiger partial charge in [0.25, 0.3) is 0 Å². The van der Waals surface area contributed by atoms with Crippen molar-refractivity contribution < 1.29 is 4.42 Å². The Morgan fingerprint density at radius 1 is 1.62 bits per heavy atom. The van der Waals surface area contributed by atoms with Gasteiger partial charge in [0.2, 0.25) is 0 Å². The van der Waals surface area contributed by atoms with E-state index in [1.54, 1.807) is 18.7 Å². The zero-order valence-electron chi connectivity index (χ0n) is 7.32. The predicted molar refractivity (Wildman–Crippen MR) is 49.3 cm³/mol. The zero-order valence-corrected chi connectivity index (χ0v) is 7.32. The van der Waals surface area contributed by atoms with E-state index in [0.717, 1.165) is 11.4 Å². The molecule has 0 radical (unpaired) electrons. The fraction of sp³-hybridized carbons (Fsp3) is 0.222. The highest BCUT2D eigenvalue weighted by atomic mass is 16.3. The molecule has 2 heterocycles. The molecule has 0 saturated carbocycles. The molecule has 0 fully saturated rings. The lowest BCUT2D eigenvalue weighted by atomic mass is 10.2. The molecule has 68 valence electrons. The van der Waals surface area contributed by atoms with Gasteiger partial charge in [0.05, 0.1) is 24.2 Å². The van der Waals surface area contributed by atoms with Gasteiger partial charge in [-0.3, -0.25) is 5.10 Å². The van der Waals surface area contributed by atoms with Crippen molar-refractivity contribution in [2.24, 2.45) is 0 Å². The topological polar surface area (TPSA) is 53.9 Å². The van der Waals surface area contributed by atoms with Gasteiger partial charge in [0.1, 0.15) is 5.76 Å². The third-order valence-electron chi connectivity index (χ3n) is 1.85. The Hall–Kier alpha value is -1.71. The van der Waals surface area contributed by atoms with Crippen molar-refractivity contribution in [1.29, 1.82) is 0 Å². The Morgan fingerprint density at radius 3 is 3.15 bits per heavy atom. The number of aromatic nitrogens is 2. The van der Waals surface area contributed by atoms with Gasteiger partial charge in [0, 0.05) is 6.20 Å². The minimum absolute atomic E-state index is 0.160. The second-order valence-electron chi connectivity index (χ2n) is 2.87. The highest BCUT2D eigenvalue weighted by Crippen LogP contribution is 2.17. The minimum Gasteiger partial charge on any atom is -0.467 e. The first-order valence-electron chi connectivity index (χ1n) is 4.15. The van der Waals surface area contributed by atoms with Gasteiger partial charge in [-0.25, -0.2) is 0 Å². The van der Waals surface area contributed by atoms with Crippen molar-refractivity contribution in [3.8, 4) is 0 Å². The Labute approximate surface area is 76.0 Å². The van der Waals surface area contributed by atoms with Crippen LogP contribution in [0.4, 0.5) is 5.69 Å². The third kappa shape index (κ3) is 1.72. The van der Waals surface area contributed by atoms with Crippen molar-refractivity contribution in [2.45, 2.75) is 13.0 Å². The predicted octanol–water partition coefficient (Wildman–Crippen LogP) is 2.18. The zero-order chi connectivity index (χ0) is 9.10. The van der Waals surface area contributed by atoms with Crippen molar-refractivity contribution in [2.75, 3.05) is 5.32 Å². The molecular formula is C9H11N3O. The molecule has 4 nitrogen and oxygen atoms in total. The lowest BCUT2D eigenvalue weighted by molar-refractivity contribution is 0.490. The fourth-order valence-corrected chi connectivity index (χ4v) is 1.19. The molecule has 0 aliphatic heterocycles. The van der Waals surface area contributed by atoms with Crippen LogP contribution in [0.1, 0.15) is 18.7 Å². The molecular weight excluding hydrogens is 166 g/mol. The molecule has 2 aromatic rings. The van der Waals surface area contributed by atoms with Gasteiger partial charge in [-0.1, -0.05) is 0 Å². The minimum atomic E-state index is 0.160. The number of rotatable bonds is 3. The lowest BCUT2D eigenvalue weighted by Crippen LogP contribution is -2.04. The van der Waals surface area contributed by atoms with Gasteiger partial charge in [-0.15, -0.1) is 0 Å². The summed E-state index contributed by atoms with van der Waals surface area (Å²) in [6, 6.07) is 3.98. The first-order valence-corrected chi connectivity index (χ1v) is 4.15. The van der Waals surface area contributed by atoms with E-state index in [9.17, 15) is 0 Å². The second-order valence-corrected chi connectivity index (χ2v) is 2.87. The monoisotopic (exact) mass is 177 g/mol. The highest BCUT2D eigenvalue weighted by Gasteiger charge is 2.07. The van der Waals surface area contributed by atoms with Crippen LogP contribution in [0.2, 0.25) is 0 Å². The van der Waals surface area contributed by atoms with Crippen molar-refractivity contribution in [1.82, 2.24) is 10.2 Å². The Kier molecular flexibility index (Phi) is 2.04. The third-order valence-corrected chi connectivity index (χ3v) is 1.85. The first kappa shape index (κ1) is 7.91. The van der Waals surface area contributed by atoms with Crippen molar-refractivity contribution >= 4 is 5.69 Å². The standard InChI is InChI=1S/C9H11N3O/c1-7(9-3-2-4-13-9)12-8-5-10-11-6-8/h2-7,12H,1H3,(H,10,11). The highest BCUT2D eigenvalue weighted by molar-refractivity contribution is 5.39. The maximum Gasteiger partial charge on any atom is 0.125 e. The van der Waals surface area contributed by atoms with Gasteiger partial charge < -0.3 is 9.73 Å². The van der Waals surface area contributed by atoms with E-state index in [4.69, 9.17) is 4.42 Å². The van der Waals surface area contributed by atoms with Gasteiger partial charge in [-0.2, -0.15) is 5.10 Å². The van der Waals surface area contributed by atoms with Gasteiger partial charge in [0.15, 0.2) is 0 Å². The van der Waals surface area contributed by atoms with Crippen LogP contribution in [0.25, 0.3) is 0 Å². The number of nitrogens with zero attached hydrogens (tertiary/aromatic N) is 1. The number of hydrogen-bond acceptors (Lipinski definition) is 3. The van der Waals surface area contributed by atoms with Crippen LogP contribution < -0.4 is 5.32 Å². The molecule has 0 amide bonds. The summed E-state index contributed by atoms with van der Waals surface area (Å²) in [5.41, 5.74) is 0.962. The fourth-order valence-electron chi connectivity index (χ4n) is 1.19. The average Bonchev–Trinajstić information content (AvgIpc) is 2.74. The molecule has 1 unspecified atom stereocenters. The summed E-state index contributed by atoms with van der Waals surface area (Å²) in [6.45, 7) is 2.03. The summed E-state index contributed by atoms with van der Waals surface area (Å²) < 4.78 is 5.25. The Balaban J connectivity index is 2.04. The molecule has 0 saturated heterocycles. The molecule has 2 rings (SSSR count). The van der Waals surface area contributed by atoms with E-state index >= 15 is 0 Å². The largest absolute Gasteiger partial charge is 0.467 e. The molecule has 2 N–H and O–H groups in total. The molecule has 0 aromatic carbocycles. The lowest BCUT2D eigenvalue weighted by Gasteiger charge is -2.09. The van der Waals surface area contributed by atoms with Crippen LogP contribution in [0.3, 0.4) is 0 Å². The Morgan fingerprint density at radius 2 is 2.54 bits per heavy atom. The van der Waals surface area contributed by atoms with E-state index in [1.165, 1.54) is 0 Å². The molecule has 1 atom stereocenters. The summed E-state index contributed by atoms with van der Waals surface area (Å²) in [4.78, 5) is 0. The van der Waals surface area contributed by atoms with Crippen molar-refractivity contribution in [3.05, 3.63) is 36.5 Å². The number of nitrogens with one attached hydrogen (secondary N) is 2. The maximum absolute atomic E-state index is 5.25. The number of anilines is 1. The molecule has 13 heavy (non-hydrogen) atoms. The molecule has 0 aliphatic carbocycles. The molecule has 0 aliphatic rings. The first-order chi connectivity index (χ1) is 6.36. The summed E-state index contributed by atoms with van der Waals surface area (Å²) in [7, 11) is 0. The average molecular weight is 177 g/mol. The van der Waals surface area contributed by atoms with E-state index in [-0.39, 0.29) is 6.04 Å². The number of furan rings is 1. The smallest absolute Gasteiger partial charge is 0.125 e. The van der Waals surface area contributed by atoms with Crippen LogP contribution in [0.15, 0.2) is 35.2 Å². The summed E-state index contributed by atoms with van der Waals surface area (Å²) in [5, 5.41) is 9.81. The summed E-state index contributed by atoms with van der Waals surface area (Å²) >= 11 is 0. The molecule has 0 bridgehead atoms. The van der Waals surface area contributed by atoms with E-state index in [1.807, 2.05) is 19.1 Å². The van der Waals surface area contributed by atoms with Crippen molar-refractivity contribution in [3.63, 3.8) is 0 Å². The van der Waals surface area contributed by atoms with Crippen LogP contribution in [0, 0.1) is 0 Å². The van der Waals surface area contributed by atoms with E-state index in [2.05, 4.69) is 15.5 Å². The normalized spacial score (nSPS) is 12.7. The molecule has 4 heteroatoms. The second kappa shape index (κ2) is 3.35. The summed E-state index contributed by atoms with van der Waals surface area (Å²) in [5.74, 6) is 0.918. The summed E-state index contributed by atoms with van der Waals surface area (Å²) in [6.07, 6.45) is 5.21. The number of H-pyrrole nitrogens is 1. The van der Waals surface area contributed by atoms with E-state index in [0.29, 0.717) is 0 Å². The molecule has 2 aromatic heterocycles. The van der Waals surface area contributed by atoms with Gasteiger partial charge in [-0.05, 0) is 19.1 Å². The van der Waals surface area contributed by atoms with E-state index < -0.39 is 0 Å². The van der Waals surface area contributed by atoms with Crippen LogP contribution in [-0.2, 0) is 0 Å². The van der Waals surface area contributed by atoms with Crippen LogP contribution in [-0.4, -0.2) is 10.2 Å². The molecule has 0 spiro atoms. The Bertz CT molecular complexity index is 339. The number of aromatic amines is 1. The maximum atomic E-state index is 5.25. The SMILES string of the molecule is CC(Nc1cn[nH]c1)c1ccco1.